The van der Waals surface area contributed by atoms with E-state index in [-0.39, 0.29) is 5.91 Å². The number of carbonyl (C=O) groups is 1. The van der Waals surface area contributed by atoms with E-state index in [0.717, 1.165) is 0 Å². The molecule has 2 N–H and O–H groups in total. The average molecular weight is 336 g/mol. The number of aliphatic hydroxyl groups is 2. The van der Waals surface area contributed by atoms with Crippen molar-refractivity contribution in [3.8, 4) is 5.88 Å². The number of amides is 1. The lowest BCUT2D eigenvalue weighted by Crippen LogP contribution is -2.64. The van der Waals surface area contributed by atoms with Gasteiger partial charge in [-0.25, -0.2) is 4.98 Å². The molecule has 0 radical (unpaired) electrons. The Labute approximate surface area is 141 Å². The number of aromatic nitrogens is 1. The molecule has 7 nitrogen and oxygen atoms in total. The van der Waals surface area contributed by atoms with E-state index < -0.39 is 17.3 Å². The second-order valence-electron chi connectivity index (χ2n) is 6.80. The first-order valence-corrected chi connectivity index (χ1v) is 8.22. The number of aliphatic hydroxyl groups excluding tert-OH is 1. The van der Waals surface area contributed by atoms with Crippen LogP contribution in [0.4, 0.5) is 0 Å². The summed E-state index contributed by atoms with van der Waals surface area (Å²) in [6.07, 6.45) is 2.01. The molecule has 0 aliphatic carbocycles. The van der Waals surface area contributed by atoms with Gasteiger partial charge in [-0.2, -0.15) is 0 Å². The van der Waals surface area contributed by atoms with Crippen molar-refractivity contribution in [2.45, 2.75) is 43.5 Å². The number of rotatable bonds is 2. The van der Waals surface area contributed by atoms with Crippen LogP contribution in [0, 0.1) is 0 Å². The van der Waals surface area contributed by atoms with Crippen LogP contribution >= 0.6 is 0 Å². The highest BCUT2D eigenvalue weighted by molar-refractivity contribution is 5.94. The average Bonchev–Trinajstić information content (AvgIpc) is 2.60. The van der Waals surface area contributed by atoms with Gasteiger partial charge in [0.25, 0.3) is 5.91 Å². The summed E-state index contributed by atoms with van der Waals surface area (Å²) in [7, 11) is 1.51. The van der Waals surface area contributed by atoms with Crippen LogP contribution in [0.1, 0.15) is 36.5 Å². The zero-order valence-electron chi connectivity index (χ0n) is 14.1. The Morgan fingerprint density at radius 3 is 2.79 bits per heavy atom. The summed E-state index contributed by atoms with van der Waals surface area (Å²) in [5.41, 5.74) is -1.40. The summed E-state index contributed by atoms with van der Waals surface area (Å²) in [5.74, 6) is 0.305. The smallest absolute Gasteiger partial charge is 0.254 e. The Morgan fingerprint density at radius 2 is 2.12 bits per heavy atom. The first kappa shape index (κ1) is 17.1. The molecule has 2 atom stereocenters. The van der Waals surface area contributed by atoms with Gasteiger partial charge < -0.3 is 24.6 Å². The first-order valence-electron chi connectivity index (χ1n) is 8.22. The van der Waals surface area contributed by atoms with Crippen molar-refractivity contribution in [2.24, 2.45) is 0 Å². The predicted octanol–water partition coefficient (Wildman–Crippen LogP) is 0.597. The molecule has 1 amide bonds. The van der Waals surface area contributed by atoms with E-state index in [1.807, 2.05) is 0 Å². The summed E-state index contributed by atoms with van der Waals surface area (Å²) in [5, 5.41) is 20.9. The summed E-state index contributed by atoms with van der Waals surface area (Å²) >= 11 is 0. The van der Waals surface area contributed by atoms with E-state index in [9.17, 15) is 15.0 Å². The van der Waals surface area contributed by atoms with Gasteiger partial charge in [0.1, 0.15) is 11.7 Å². The third-order valence-electron chi connectivity index (χ3n) is 5.17. The van der Waals surface area contributed by atoms with Gasteiger partial charge in [-0.15, -0.1) is 0 Å². The van der Waals surface area contributed by atoms with E-state index in [4.69, 9.17) is 9.47 Å². The minimum absolute atomic E-state index is 0.0948. The van der Waals surface area contributed by atoms with E-state index >= 15 is 0 Å². The molecule has 24 heavy (non-hydrogen) atoms. The highest BCUT2D eigenvalue weighted by Gasteiger charge is 2.52. The van der Waals surface area contributed by atoms with E-state index in [1.54, 1.807) is 30.2 Å². The molecule has 2 aliphatic rings. The van der Waals surface area contributed by atoms with Gasteiger partial charge in [0, 0.05) is 37.3 Å². The number of likely N-dealkylation sites (tertiary alicyclic amines) is 1. The van der Waals surface area contributed by atoms with E-state index in [2.05, 4.69) is 4.98 Å². The number of pyridine rings is 1. The Hall–Kier alpha value is -1.70. The normalized spacial score (nSPS) is 29.5. The Morgan fingerprint density at radius 1 is 1.42 bits per heavy atom. The molecular formula is C17H24N2O5. The van der Waals surface area contributed by atoms with Gasteiger partial charge in [0.15, 0.2) is 0 Å². The lowest BCUT2D eigenvalue weighted by Gasteiger charge is -2.51. The van der Waals surface area contributed by atoms with Crippen LogP contribution in [0.15, 0.2) is 18.3 Å². The van der Waals surface area contributed by atoms with Crippen LogP contribution in [0.5, 0.6) is 5.88 Å². The number of methoxy groups -OCH3 is 1. The molecule has 1 aromatic rings. The molecule has 7 heteroatoms. The highest BCUT2D eigenvalue weighted by atomic mass is 16.5. The molecule has 0 aromatic carbocycles. The van der Waals surface area contributed by atoms with Crippen LogP contribution in [-0.2, 0) is 4.74 Å². The topological polar surface area (TPSA) is 92.1 Å². The zero-order chi connectivity index (χ0) is 17.4. The van der Waals surface area contributed by atoms with Crippen LogP contribution in [-0.4, -0.2) is 70.1 Å². The van der Waals surface area contributed by atoms with Gasteiger partial charge in [0.2, 0.25) is 5.88 Å². The minimum Gasteiger partial charge on any atom is -0.481 e. The first-order chi connectivity index (χ1) is 11.4. The SMILES string of the molecule is COc1cc(C(=O)N2CCC3(CC2)OCC[C@@](C)(O)[C@@H]3O)ccn1. The summed E-state index contributed by atoms with van der Waals surface area (Å²) in [4.78, 5) is 18.4. The zero-order valence-corrected chi connectivity index (χ0v) is 14.1. The lowest BCUT2D eigenvalue weighted by atomic mass is 9.75. The monoisotopic (exact) mass is 336 g/mol. The maximum Gasteiger partial charge on any atom is 0.254 e. The van der Waals surface area contributed by atoms with Gasteiger partial charge in [-0.1, -0.05) is 0 Å². The van der Waals surface area contributed by atoms with Crippen molar-refractivity contribution in [1.82, 2.24) is 9.88 Å². The van der Waals surface area contributed by atoms with E-state index in [1.165, 1.54) is 7.11 Å². The van der Waals surface area contributed by atoms with Gasteiger partial charge >= 0.3 is 0 Å². The van der Waals surface area contributed by atoms with Crippen molar-refractivity contribution >= 4 is 5.91 Å². The second-order valence-corrected chi connectivity index (χ2v) is 6.80. The van der Waals surface area contributed by atoms with E-state index in [0.29, 0.717) is 50.4 Å². The second kappa shape index (κ2) is 6.31. The third kappa shape index (κ3) is 2.99. The molecule has 3 rings (SSSR count). The van der Waals surface area contributed by atoms with Gasteiger partial charge in [-0.05, 0) is 25.8 Å². The van der Waals surface area contributed by atoms with Crippen LogP contribution < -0.4 is 4.74 Å². The molecule has 0 unspecified atom stereocenters. The fraction of sp³-hybridized carbons (Fsp3) is 0.647. The fourth-order valence-electron chi connectivity index (χ4n) is 3.59. The minimum atomic E-state index is -1.15. The summed E-state index contributed by atoms with van der Waals surface area (Å²) in [6, 6.07) is 3.27. The highest BCUT2D eigenvalue weighted by Crippen LogP contribution is 2.40. The lowest BCUT2D eigenvalue weighted by molar-refractivity contribution is -0.244. The van der Waals surface area contributed by atoms with Crippen LogP contribution in [0.25, 0.3) is 0 Å². The Kier molecular flexibility index (Phi) is 4.50. The summed E-state index contributed by atoms with van der Waals surface area (Å²) in [6.45, 7) is 3.00. The van der Waals surface area contributed by atoms with Crippen molar-refractivity contribution in [1.29, 1.82) is 0 Å². The number of hydrogen-bond acceptors (Lipinski definition) is 6. The number of piperidine rings is 1. The maximum atomic E-state index is 12.6. The standard InChI is InChI=1S/C17H24N2O5/c1-16(22)6-10-24-17(15(16)21)4-8-19(9-5-17)14(20)12-3-7-18-13(11-12)23-2/h3,7,11,15,21-22H,4-6,8-10H2,1-2H3/t15-,16+/m0/s1. The molecule has 1 aromatic heterocycles. The number of hydrogen-bond donors (Lipinski definition) is 2. The molecule has 0 bridgehead atoms. The van der Waals surface area contributed by atoms with Crippen LogP contribution in [0.3, 0.4) is 0 Å². The molecular weight excluding hydrogens is 312 g/mol. The third-order valence-corrected chi connectivity index (χ3v) is 5.17. The van der Waals surface area contributed by atoms with Gasteiger partial charge in [-0.3, -0.25) is 4.79 Å². The van der Waals surface area contributed by atoms with Crippen molar-refractivity contribution in [2.75, 3.05) is 26.8 Å². The molecule has 1 spiro atoms. The van der Waals surface area contributed by atoms with Gasteiger partial charge in [0.05, 0.1) is 19.3 Å². The Bertz CT molecular complexity index is 611. The predicted molar refractivity (Wildman–Crippen MR) is 85.9 cm³/mol. The quantitative estimate of drug-likeness (QED) is 0.822. The molecule has 2 aliphatic heterocycles. The van der Waals surface area contributed by atoms with Crippen molar-refractivity contribution in [3.05, 3.63) is 23.9 Å². The Balaban J connectivity index is 1.69. The maximum absolute atomic E-state index is 12.6. The molecule has 132 valence electrons. The fourth-order valence-corrected chi connectivity index (χ4v) is 3.59. The molecule has 2 fully saturated rings. The largest absolute Gasteiger partial charge is 0.481 e. The number of ether oxygens (including phenoxy) is 2. The van der Waals surface area contributed by atoms with Crippen molar-refractivity contribution < 1.29 is 24.5 Å². The number of nitrogens with zero attached hydrogens (tertiary/aromatic N) is 2. The summed E-state index contributed by atoms with van der Waals surface area (Å²) < 4.78 is 10.9. The molecule has 0 saturated carbocycles. The molecule has 3 heterocycles. The van der Waals surface area contributed by atoms with Crippen LogP contribution in [0.2, 0.25) is 0 Å². The van der Waals surface area contributed by atoms with Crippen molar-refractivity contribution in [3.63, 3.8) is 0 Å². The number of carbonyl (C=O) groups excluding carboxylic acids is 1. The molecule has 2 saturated heterocycles.